The van der Waals surface area contributed by atoms with Gasteiger partial charge in [0, 0.05) is 49.0 Å². The van der Waals surface area contributed by atoms with Crippen LogP contribution in [0.3, 0.4) is 0 Å². The Bertz CT molecular complexity index is 1270. The fraction of sp³-hybridized carbons (Fsp3) is 0.385. The van der Waals surface area contributed by atoms with Crippen LogP contribution in [0.4, 0.5) is 0 Å². The molecule has 168 valence electrons. The lowest BCUT2D eigenvalue weighted by Gasteiger charge is -2.22. The third-order valence-electron chi connectivity index (χ3n) is 5.78. The Kier molecular flexibility index (Phi) is 6.49. The molecule has 0 saturated carbocycles. The maximum absolute atomic E-state index is 6.04. The molecule has 0 aliphatic rings. The summed E-state index contributed by atoms with van der Waals surface area (Å²) in [5.41, 5.74) is 5.39. The van der Waals surface area contributed by atoms with Gasteiger partial charge in [-0.05, 0) is 46.0 Å². The Morgan fingerprint density at radius 2 is 1.81 bits per heavy atom. The Labute approximate surface area is 205 Å². The minimum atomic E-state index is -1.10. The van der Waals surface area contributed by atoms with Crippen molar-refractivity contribution in [2.24, 2.45) is 0 Å². The zero-order valence-electron chi connectivity index (χ0n) is 19.9. The van der Waals surface area contributed by atoms with Crippen molar-refractivity contribution in [3.8, 4) is 11.3 Å². The summed E-state index contributed by atoms with van der Waals surface area (Å²) in [6.45, 7) is 15.2. The number of hydrogen-bond donors (Lipinski definition) is 0. The first-order chi connectivity index (χ1) is 15.0. The summed E-state index contributed by atoms with van der Waals surface area (Å²) in [6, 6.07) is 16.3. The molecule has 0 atom stereocenters. The average Bonchev–Trinajstić information content (AvgIpc) is 3.04. The highest BCUT2D eigenvalue weighted by atomic mass is 127. The molecule has 2 heterocycles. The minimum absolute atomic E-state index is 0.0293. The first kappa shape index (κ1) is 23.4. The van der Waals surface area contributed by atoms with Crippen molar-refractivity contribution < 1.29 is 4.74 Å². The second-order valence-corrected chi connectivity index (χ2v) is 17.3. The maximum Gasteiger partial charge on any atom is 0.174 e. The van der Waals surface area contributed by atoms with E-state index in [0.29, 0.717) is 6.73 Å². The van der Waals surface area contributed by atoms with Crippen LogP contribution in [-0.2, 0) is 16.9 Å². The van der Waals surface area contributed by atoms with Crippen LogP contribution in [0, 0.1) is 3.83 Å². The molecule has 2 aromatic carbocycles. The first-order valence-corrected chi connectivity index (χ1v) is 16.0. The number of halogens is 1. The van der Waals surface area contributed by atoms with Crippen LogP contribution in [0.2, 0.25) is 25.7 Å². The minimum Gasteiger partial charge on any atom is -0.361 e. The number of fused-ring (bicyclic) bond motifs is 2. The second kappa shape index (κ2) is 8.87. The molecule has 0 radical (unpaired) electrons. The van der Waals surface area contributed by atoms with E-state index < -0.39 is 8.07 Å². The molecule has 0 amide bonds. The normalized spacial score (nSPS) is 12.7. The summed E-state index contributed by atoms with van der Waals surface area (Å²) in [5.74, 6) is 0. The Hall–Kier alpha value is -1.77. The number of nitrogens with zero attached hydrogens (tertiary/aromatic N) is 3. The van der Waals surface area contributed by atoms with Crippen LogP contribution in [0.25, 0.3) is 33.1 Å². The number of aromatic nitrogens is 3. The van der Waals surface area contributed by atoms with E-state index in [1.165, 1.54) is 16.3 Å². The average molecular weight is 558 g/mol. The molecular weight excluding hydrogens is 525 g/mol. The Balaban J connectivity index is 1.77. The van der Waals surface area contributed by atoms with Gasteiger partial charge in [-0.25, -0.2) is 4.98 Å². The van der Waals surface area contributed by atoms with Gasteiger partial charge in [0.15, 0.2) is 3.83 Å². The molecule has 0 aliphatic carbocycles. The van der Waals surface area contributed by atoms with Gasteiger partial charge in [0.2, 0.25) is 0 Å². The molecule has 4 nitrogen and oxygen atoms in total. The smallest absolute Gasteiger partial charge is 0.174 e. The van der Waals surface area contributed by atoms with Crippen molar-refractivity contribution in [3.05, 3.63) is 58.1 Å². The number of ether oxygens (including phenoxy) is 1. The number of pyridine rings is 1. The van der Waals surface area contributed by atoms with Crippen LogP contribution >= 0.6 is 22.6 Å². The van der Waals surface area contributed by atoms with E-state index in [9.17, 15) is 0 Å². The quantitative estimate of drug-likeness (QED) is 0.140. The van der Waals surface area contributed by atoms with Gasteiger partial charge in [0.05, 0.1) is 11.2 Å². The van der Waals surface area contributed by atoms with Crippen LogP contribution in [0.1, 0.15) is 26.3 Å². The second-order valence-electron chi connectivity index (χ2n) is 10.7. The largest absolute Gasteiger partial charge is 0.361 e. The van der Waals surface area contributed by atoms with Gasteiger partial charge >= 0.3 is 0 Å². The van der Waals surface area contributed by atoms with Crippen LogP contribution in [-0.4, -0.2) is 29.2 Å². The van der Waals surface area contributed by atoms with Crippen molar-refractivity contribution in [2.45, 2.75) is 58.6 Å². The van der Waals surface area contributed by atoms with Gasteiger partial charge in [0.1, 0.15) is 12.2 Å². The highest BCUT2D eigenvalue weighted by Crippen LogP contribution is 2.36. The van der Waals surface area contributed by atoms with Crippen molar-refractivity contribution >= 4 is 52.5 Å². The molecule has 4 aromatic rings. The van der Waals surface area contributed by atoms with E-state index >= 15 is 0 Å². The van der Waals surface area contributed by atoms with Gasteiger partial charge in [-0.3, -0.25) is 9.55 Å². The van der Waals surface area contributed by atoms with Crippen molar-refractivity contribution in [3.63, 3.8) is 0 Å². The van der Waals surface area contributed by atoms with Crippen LogP contribution < -0.4 is 0 Å². The van der Waals surface area contributed by atoms with Crippen molar-refractivity contribution in [1.82, 2.24) is 14.5 Å². The first-order valence-electron chi connectivity index (χ1n) is 11.2. The summed E-state index contributed by atoms with van der Waals surface area (Å²) in [5, 5.41) is 2.53. The summed E-state index contributed by atoms with van der Waals surface area (Å²) < 4.78 is 9.12. The predicted octanol–water partition coefficient (Wildman–Crippen LogP) is 7.47. The summed E-state index contributed by atoms with van der Waals surface area (Å²) in [4.78, 5) is 9.68. The Morgan fingerprint density at radius 3 is 2.53 bits per heavy atom. The molecule has 0 bridgehead atoms. The molecule has 0 aliphatic heterocycles. The van der Waals surface area contributed by atoms with Crippen molar-refractivity contribution in [2.75, 3.05) is 6.61 Å². The lowest BCUT2D eigenvalue weighted by molar-refractivity contribution is 0.0881. The monoisotopic (exact) mass is 557 g/mol. The molecule has 4 rings (SSSR count). The number of benzene rings is 2. The predicted molar refractivity (Wildman–Crippen MR) is 146 cm³/mol. The zero-order valence-corrected chi connectivity index (χ0v) is 23.0. The molecule has 0 spiro atoms. The van der Waals surface area contributed by atoms with Gasteiger partial charge in [-0.2, -0.15) is 0 Å². The van der Waals surface area contributed by atoms with Crippen LogP contribution in [0.5, 0.6) is 0 Å². The molecule has 0 saturated heterocycles. The molecule has 0 N–H and O–H groups in total. The van der Waals surface area contributed by atoms with Gasteiger partial charge in [0.25, 0.3) is 0 Å². The lowest BCUT2D eigenvalue weighted by Crippen LogP contribution is -2.22. The van der Waals surface area contributed by atoms with Crippen LogP contribution in [0.15, 0.2) is 48.7 Å². The molecule has 2 aromatic heterocycles. The summed E-state index contributed by atoms with van der Waals surface area (Å²) in [7, 11) is -1.10. The van der Waals surface area contributed by atoms with E-state index in [1.807, 2.05) is 12.3 Å². The third-order valence-corrected chi connectivity index (χ3v) is 8.31. The fourth-order valence-electron chi connectivity index (χ4n) is 3.96. The van der Waals surface area contributed by atoms with Gasteiger partial charge in [-0.1, -0.05) is 64.7 Å². The Morgan fingerprint density at radius 1 is 1.06 bits per heavy atom. The van der Waals surface area contributed by atoms with E-state index in [4.69, 9.17) is 14.7 Å². The van der Waals surface area contributed by atoms with E-state index in [1.54, 1.807) is 0 Å². The number of hydrogen-bond acceptors (Lipinski definition) is 3. The zero-order chi connectivity index (χ0) is 23.1. The third kappa shape index (κ3) is 4.92. The SMILES string of the molecule is CC(C)(C)c1cc(-c2nccc3c2nc(I)n3COCC[Si](C)(C)C)cc2ccccc12. The van der Waals surface area contributed by atoms with Gasteiger partial charge < -0.3 is 4.74 Å². The molecule has 32 heavy (non-hydrogen) atoms. The lowest BCUT2D eigenvalue weighted by atomic mass is 9.82. The summed E-state index contributed by atoms with van der Waals surface area (Å²) >= 11 is 2.30. The maximum atomic E-state index is 6.04. The fourth-order valence-corrected chi connectivity index (χ4v) is 5.36. The number of rotatable bonds is 6. The molecule has 0 unspecified atom stereocenters. The number of imidazole rings is 1. The van der Waals surface area contributed by atoms with E-state index in [-0.39, 0.29) is 5.41 Å². The molecule has 0 fully saturated rings. The van der Waals surface area contributed by atoms with E-state index in [2.05, 4.69) is 104 Å². The van der Waals surface area contributed by atoms with Gasteiger partial charge in [-0.15, -0.1) is 0 Å². The highest BCUT2D eigenvalue weighted by Gasteiger charge is 2.21. The van der Waals surface area contributed by atoms with Crippen molar-refractivity contribution in [1.29, 1.82) is 0 Å². The summed E-state index contributed by atoms with van der Waals surface area (Å²) in [6.07, 6.45) is 1.89. The molecule has 6 heteroatoms. The molecular formula is C26H32IN3OSi. The van der Waals surface area contributed by atoms with E-state index in [0.717, 1.165) is 38.8 Å². The highest BCUT2D eigenvalue weighted by molar-refractivity contribution is 14.1. The topological polar surface area (TPSA) is 39.9 Å². The standard InChI is InChI=1S/C26H32IN3OSi/c1-26(2,3)21-16-19(15-18-9-7-8-10-20(18)21)23-24-22(11-12-28-23)30(25(27)29-24)17-31-13-14-32(4,5)6/h7-12,15-16H,13-14,17H2,1-6H3.